The minimum atomic E-state index is -0.553. The molecule has 0 spiro atoms. The van der Waals surface area contributed by atoms with Gasteiger partial charge in [0.15, 0.2) is 0 Å². The van der Waals surface area contributed by atoms with Crippen molar-refractivity contribution < 1.29 is 19.2 Å². The van der Waals surface area contributed by atoms with Crippen LogP contribution in [0.15, 0.2) is 48.8 Å². The van der Waals surface area contributed by atoms with Crippen molar-refractivity contribution in [3.05, 3.63) is 70.0 Å². The van der Waals surface area contributed by atoms with Gasteiger partial charge in [-0.05, 0) is 30.7 Å². The number of amides is 1. The molecule has 136 valence electrons. The Balaban J connectivity index is 2.20. The van der Waals surface area contributed by atoms with Gasteiger partial charge < -0.3 is 9.64 Å². The number of benzene rings is 1. The van der Waals surface area contributed by atoms with Gasteiger partial charge >= 0.3 is 5.97 Å². The number of non-ortho nitro benzene ring substituents is 1. The lowest BCUT2D eigenvalue weighted by molar-refractivity contribution is -0.384. The second-order valence-corrected chi connectivity index (χ2v) is 5.44. The Kier molecular flexibility index (Phi) is 6.78. The highest BCUT2D eigenvalue weighted by Gasteiger charge is 2.20. The summed E-state index contributed by atoms with van der Waals surface area (Å²) >= 11 is 0. The van der Waals surface area contributed by atoms with Crippen LogP contribution in [-0.2, 0) is 16.1 Å². The molecule has 0 radical (unpaired) electrons. The highest BCUT2D eigenvalue weighted by atomic mass is 16.6. The van der Waals surface area contributed by atoms with Gasteiger partial charge in [0, 0.05) is 43.2 Å². The zero-order valence-electron chi connectivity index (χ0n) is 14.3. The summed E-state index contributed by atoms with van der Waals surface area (Å²) in [6, 6.07) is 9.05. The molecule has 0 aliphatic rings. The van der Waals surface area contributed by atoms with Gasteiger partial charge in [-0.1, -0.05) is 6.07 Å². The predicted octanol–water partition coefficient (Wildman–Crippen LogP) is 2.59. The SMILES string of the molecule is CCOC(=O)CCN(Cc1ccncc1)C(=O)c1cccc([N+](=O)[O-])c1. The first kappa shape index (κ1) is 19.0. The molecule has 1 aromatic heterocycles. The fourth-order valence-corrected chi connectivity index (χ4v) is 2.36. The van der Waals surface area contributed by atoms with Crippen LogP contribution in [0, 0.1) is 10.1 Å². The normalized spacial score (nSPS) is 10.2. The van der Waals surface area contributed by atoms with Crippen molar-refractivity contribution in [2.24, 2.45) is 0 Å². The van der Waals surface area contributed by atoms with Crippen molar-refractivity contribution >= 4 is 17.6 Å². The molecular weight excluding hydrogens is 338 g/mol. The zero-order chi connectivity index (χ0) is 18.9. The lowest BCUT2D eigenvalue weighted by Crippen LogP contribution is -2.33. The van der Waals surface area contributed by atoms with Gasteiger partial charge in [0.2, 0.25) is 0 Å². The van der Waals surface area contributed by atoms with Crippen molar-refractivity contribution in [3.63, 3.8) is 0 Å². The van der Waals surface area contributed by atoms with E-state index in [1.807, 2.05) is 0 Å². The van der Waals surface area contributed by atoms with E-state index in [0.29, 0.717) is 0 Å². The number of ether oxygens (including phenoxy) is 1. The summed E-state index contributed by atoms with van der Waals surface area (Å²) in [5.41, 5.74) is 0.866. The van der Waals surface area contributed by atoms with E-state index < -0.39 is 16.8 Å². The number of rotatable bonds is 8. The molecule has 2 aromatic rings. The van der Waals surface area contributed by atoms with E-state index in [0.717, 1.165) is 5.56 Å². The zero-order valence-corrected chi connectivity index (χ0v) is 14.3. The molecule has 0 saturated carbocycles. The van der Waals surface area contributed by atoms with Crippen molar-refractivity contribution in [1.29, 1.82) is 0 Å². The molecule has 0 N–H and O–H groups in total. The highest BCUT2D eigenvalue weighted by Crippen LogP contribution is 2.16. The lowest BCUT2D eigenvalue weighted by Gasteiger charge is -2.22. The lowest BCUT2D eigenvalue weighted by atomic mass is 10.1. The highest BCUT2D eigenvalue weighted by molar-refractivity contribution is 5.95. The van der Waals surface area contributed by atoms with Gasteiger partial charge in [-0.2, -0.15) is 0 Å². The Morgan fingerprint density at radius 3 is 2.62 bits per heavy atom. The van der Waals surface area contributed by atoms with Crippen molar-refractivity contribution in [2.75, 3.05) is 13.2 Å². The monoisotopic (exact) mass is 357 g/mol. The smallest absolute Gasteiger partial charge is 0.307 e. The first-order valence-electron chi connectivity index (χ1n) is 8.09. The van der Waals surface area contributed by atoms with E-state index in [2.05, 4.69) is 4.98 Å². The van der Waals surface area contributed by atoms with Gasteiger partial charge in [0.05, 0.1) is 18.0 Å². The van der Waals surface area contributed by atoms with E-state index in [1.165, 1.54) is 29.2 Å². The summed E-state index contributed by atoms with van der Waals surface area (Å²) in [4.78, 5) is 40.3. The molecule has 1 amide bonds. The molecule has 0 fully saturated rings. The van der Waals surface area contributed by atoms with Crippen LogP contribution in [0.1, 0.15) is 29.3 Å². The number of nitrogens with zero attached hydrogens (tertiary/aromatic N) is 3. The molecule has 8 heteroatoms. The number of nitro benzene ring substituents is 1. The van der Waals surface area contributed by atoms with E-state index >= 15 is 0 Å². The van der Waals surface area contributed by atoms with Gasteiger partial charge in [-0.15, -0.1) is 0 Å². The van der Waals surface area contributed by atoms with Crippen molar-refractivity contribution in [3.8, 4) is 0 Å². The number of esters is 1. The topological polar surface area (TPSA) is 103 Å². The molecular formula is C18H19N3O5. The van der Waals surface area contributed by atoms with Crippen LogP contribution in [0.3, 0.4) is 0 Å². The number of carbonyl (C=O) groups is 2. The molecule has 0 unspecified atom stereocenters. The fraction of sp³-hybridized carbons (Fsp3) is 0.278. The summed E-state index contributed by atoms with van der Waals surface area (Å²) in [6.45, 7) is 2.37. The third kappa shape index (κ3) is 5.37. The number of hydrogen-bond donors (Lipinski definition) is 0. The Morgan fingerprint density at radius 2 is 1.96 bits per heavy atom. The second-order valence-electron chi connectivity index (χ2n) is 5.44. The van der Waals surface area contributed by atoms with E-state index in [9.17, 15) is 19.7 Å². The molecule has 0 aliphatic heterocycles. The maximum Gasteiger partial charge on any atom is 0.307 e. The van der Waals surface area contributed by atoms with Crippen LogP contribution in [0.5, 0.6) is 0 Å². The average Bonchev–Trinajstić information content (AvgIpc) is 2.65. The van der Waals surface area contributed by atoms with E-state index in [-0.39, 0.29) is 37.4 Å². The Morgan fingerprint density at radius 1 is 1.23 bits per heavy atom. The largest absolute Gasteiger partial charge is 0.466 e. The summed E-state index contributed by atoms with van der Waals surface area (Å²) in [5, 5.41) is 10.9. The summed E-state index contributed by atoms with van der Waals surface area (Å²) in [5.74, 6) is -0.797. The first-order chi connectivity index (χ1) is 12.5. The summed E-state index contributed by atoms with van der Waals surface area (Å²) < 4.78 is 4.90. The minimum Gasteiger partial charge on any atom is -0.466 e. The Bertz CT molecular complexity index is 779. The third-order valence-electron chi connectivity index (χ3n) is 3.61. The average molecular weight is 357 g/mol. The fourth-order valence-electron chi connectivity index (χ4n) is 2.36. The Hall–Kier alpha value is -3.29. The summed E-state index contributed by atoms with van der Waals surface area (Å²) in [7, 11) is 0. The quantitative estimate of drug-likeness (QED) is 0.409. The molecule has 2 rings (SSSR count). The number of nitro groups is 1. The summed E-state index contributed by atoms with van der Waals surface area (Å²) in [6.07, 6.45) is 3.26. The van der Waals surface area contributed by atoms with Crippen LogP contribution in [0.4, 0.5) is 5.69 Å². The van der Waals surface area contributed by atoms with E-state index in [1.54, 1.807) is 31.5 Å². The molecule has 0 atom stereocenters. The molecule has 0 bridgehead atoms. The van der Waals surface area contributed by atoms with Crippen molar-refractivity contribution in [2.45, 2.75) is 19.9 Å². The number of aromatic nitrogens is 1. The van der Waals surface area contributed by atoms with Gasteiger partial charge in [0.25, 0.3) is 11.6 Å². The maximum atomic E-state index is 12.8. The van der Waals surface area contributed by atoms with Crippen LogP contribution >= 0.6 is 0 Å². The molecule has 0 aliphatic carbocycles. The van der Waals surface area contributed by atoms with Crippen LogP contribution in [-0.4, -0.2) is 39.8 Å². The first-order valence-corrected chi connectivity index (χ1v) is 8.09. The number of pyridine rings is 1. The third-order valence-corrected chi connectivity index (χ3v) is 3.61. The minimum absolute atomic E-state index is 0.0413. The van der Waals surface area contributed by atoms with Gasteiger partial charge in [-0.3, -0.25) is 24.7 Å². The van der Waals surface area contributed by atoms with Crippen LogP contribution in [0.2, 0.25) is 0 Å². The number of hydrogen-bond acceptors (Lipinski definition) is 6. The van der Waals surface area contributed by atoms with E-state index in [4.69, 9.17) is 4.74 Å². The number of carbonyl (C=O) groups excluding carboxylic acids is 2. The van der Waals surface area contributed by atoms with Crippen molar-refractivity contribution in [1.82, 2.24) is 9.88 Å². The van der Waals surface area contributed by atoms with Crippen LogP contribution < -0.4 is 0 Å². The molecule has 1 aromatic carbocycles. The maximum absolute atomic E-state index is 12.8. The second kappa shape index (κ2) is 9.26. The molecule has 26 heavy (non-hydrogen) atoms. The Labute approximate surface area is 150 Å². The van der Waals surface area contributed by atoms with Gasteiger partial charge in [-0.25, -0.2) is 0 Å². The molecule has 0 saturated heterocycles. The molecule has 1 heterocycles. The molecule has 8 nitrogen and oxygen atoms in total. The van der Waals surface area contributed by atoms with Crippen LogP contribution in [0.25, 0.3) is 0 Å². The standard InChI is InChI=1S/C18H19N3O5/c1-2-26-17(22)8-11-20(13-14-6-9-19-10-7-14)18(23)15-4-3-5-16(12-15)21(24)25/h3-7,9-10,12H,2,8,11,13H2,1H3. The van der Waals surface area contributed by atoms with Gasteiger partial charge in [0.1, 0.15) is 0 Å². The predicted molar refractivity (Wildman–Crippen MR) is 93.3 cm³/mol.